The van der Waals surface area contributed by atoms with Crippen molar-refractivity contribution in [3.63, 3.8) is 0 Å². The molecule has 1 aromatic heterocycles. The molecule has 9 heteroatoms. The standard InChI is InChI=1S/C33H42N4O5/c1-3-27(40)26-18-33-14-13-24(39)11-7-5-4-6-10-22-16-23(35-15-9-8-12-29(35)41)17-25-31(21(2)38)34-36(32(22)25)20-30(42)37(26)28(33)19-33/h16-17,26,28H,3-15,18-20H2,1-2H3/t26-,28+,33-/m0/s1. The topological polar surface area (TPSA) is 110 Å². The molecule has 2 bridgehead atoms. The number of amides is 2. The Balaban J connectivity index is 1.43. The third-order valence-corrected chi connectivity index (χ3v) is 10.1. The molecule has 6 rings (SSSR count). The minimum atomic E-state index is -0.472. The Morgan fingerprint density at radius 3 is 2.43 bits per heavy atom. The fraction of sp³-hybridized carbons (Fsp3) is 0.636. The van der Waals surface area contributed by atoms with Crippen LogP contribution < -0.4 is 4.90 Å². The summed E-state index contributed by atoms with van der Waals surface area (Å²) in [5.41, 5.74) is 2.68. The number of Topliss-reactive ketones (excluding diaryl/α,β-unsaturated/α-hetero) is 3. The maximum absolute atomic E-state index is 14.0. The summed E-state index contributed by atoms with van der Waals surface area (Å²) in [7, 11) is 0. The van der Waals surface area contributed by atoms with Gasteiger partial charge in [0.25, 0.3) is 0 Å². The zero-order chi connectivity index (χ0) is 29.6. The second-order valence-electron chi connectivity index (χ2n) is 12.9. The lowest BCUT2D eigenvalue weighted by atomic mass is 9.90. The van der Waals surface area contributed by atoms with Gasteiger partial charge in [0.15, 0.2) is 11.6 Å². The van der Waals surface area contributed by atoms with Crippen molar-refractivity contribution in [1.29, 1.82) is 0 Å². The fourth-order valence-electron chi connectivity index (χ4n) is 7.76. The van der Waals surface area contributed by atoms with Gasteiger partial charge in [0.1, 0.15) is 18.0 Å². The number of benzene rings is 1. The maximum Gasteiger partial charge on any atom is 0.245 e. The molecule has 3 atom stereocenters. The fourth-order valence-corrected chi connectivity index (χ4v) is 7.76. The highest BCUT2D eigenvalue weighted by Crippen LogP contribution is 2.62. The molecule has 2 saturated heterocycles. The number of hydrogen-bond acceptors (Lipinski definition) is 6. The van der Waals surface area contributed by atoms with E-state index in [1.165, 1.54) is 6.92 Å². The molecule has 4 heterocycles. The minimum Gasteiger partial charge on any atom is -0.327 e. The smallest absolute Gasteiger partial charge is 0.245 e. The number of piperidine rings is 2. The summed E-state index contributed by atoms with van der Waals surface area (Å²) in [6.07, 6.45) is 10.3. The van der Waals surface area contributed by atoms with Crippen LogP contribution in [0, 0.1) is 5.41 Å². The van der Waals surface area contributed by atoms with Gasteiger partial charge in [-0.2, -0.15) is 5.10 Å². The molecule has 0 N–H and O–H groups in total. The maximum atomic E-state index is 14.0. The Morgan fingerprint density at radius 2 is 1.69 bits per heavy atom. The van der Waals surface area contributed by atoms with Crippen molar-refractivity contribution in [3.05, 3.63) is 23.4 Å². The van der Waals surface area contributed by atoms with Gasteiger partial charge in [0, 0.05) is 56.3 Å². The molecule has 224 valence electrons. The number of anilines is 1. The zero-order valence-electron chi connectivity index (χ0n) is 25.0. The summed E-state index contributed by atoms with van der Waals surface area (Å²) in [5.74, 6) is 0.0687. The number of aryl methyl sites for hydroxylation is 1. The summed E-state index contributed by atoms with van der Waals surface area (Å²) in [6.45, 7) is 3.91. The molecule has 0 unspecified atom stereocenters. The monoisotopic (exact) mass is 574 g/mol. The van der Waals surface area contributed by atoms with E-state index in [9.17, 15) is 24.0 Å². The Morgan fingerprint density at radius 1 is 0.929 bits per heavy atom. The van der Waals surface area contributed by atoms with Crippen LogP contribution in [0.15, 0.2) is 12.1 Å². The van der Waals surface area contributed by atoms with Crippen LogP contribution in [-0.4, -0.2) is 62.5 Å². The molecule has 42 heavy (non-hydrogen) atoms. The first-order chi connectivity index (χ1) is 20.2. The number of rotatable bonds is 4. The van der Waals surface area contributed by atoms with Crippen LogP contribution in [0.1, 0.15) is 113 Å². The van der Waals surface area contributed by atoms with Crippen molar-refractivity contribution in [2.75, 3.05) is 11.4 Å². The number of ketones is 3. The molecular formula is C33H42N4O5. The summed E-state index contributed by atoms with van der Waals surface area (Å²) in [5, 5.41) is 5.37. The summed E-state index contributed by atoms with van der Waals surface area (Å²) in [6, 6.07) is 3.44. The Labute approximate surface area is 247 Å². The van der Waals surface area contributed by atoms with Gasteiger partial charge in [-0.15, -0.1) is 0 Å². The van der Waals surface area contributed by atoms with Gasteiger partial charge in [-0.1, -0.05) is 19.8 Å². The van der Waals surface area contributed by atoms with Crippen LogP contribution in [0.25, 0.3) is 10.9 Å². The molecule has 0 radical (unpaired) electrons. The molecule has 3 fully saturated rings. The first-order valence-corrected chi connectivity index (χ1v) is 15.9. The predicted molar refractivity (Wildman–Crippen MR) is 158 cm³/mol. The molecule has 2 amide bonds. The van der Waals surface area contributed by atoms with Crippen LogP contribution in [0.5, 0.6) is 0 Å². The Hall–Kier alpha value is -3.36. The van der Waals surface area contributed by atoms with E-state index in [1.54, 1.807) is 9.58 Å². The molecule has 3 aliphatic heterocycles. The average Bonchev–Trinajstić information content (AvgIpc) is 3.38. The Kier molecular flexibility index (Phi) is 7.79. The highest BCUT2D eigenvalue weighted by Gasteiger charge is 2.66. The number of nitrogens with zero attached hydrogens (tertiary/aromatic N) is 4. The number of aromatic nitrogens is 2. The van der Waals surface area contributed by atoms with Crippen molar-refractivity contribution in [3.8, 4) is 0 Å². The van der Waals surface area contributed by atoms with Gasteiger partial charge in [-0.25, -0.2) is 0 Å². The van der Waals surface area contributed by atoms with Crippen molar-refractivity contribution in [2.24, 2.45) is 5.41 Å². The number of carbonyl (C=O) groups is 5. The summed E-state index contributed by atoms with van der Waals surface area (Å²) in [4.78, 5) is 69.1. The third-order valence-electron chi connectivity index (χ3n) is 10.1. The van der Waals surface area contributed by atoms with E-state index in [0.717, 1.165) is 68.1 Å². The summed E-state index contributed by atoms with van der Waals surface area (Å²) >= 11 is 0. The molecule has 0 spiro atoms. The SMILES string of the molecule is CCC(=O)[C@@H]1C[C@]23CCC(=O)CCCCCCc4cc(N5CCCCC5=O)cc5c(C(C)=O)nn(c45)CC(=O)N1[C@@H]2C3. The van der Waals surface area contributed by atoms with Crippen molar-refractivity contribution < 1.29 is 24.0 Å². The van der Waals surface area contributed by atoms with Crippen LogP contribution in [0.2, 0.25) is 0 Å². The lowest BCUT2D eigenvalue weighted by Gasteiger charge is -2.28. The van der Waals surface area contributed by atoms with Crippen LogP contribution in [0.4, 0.5) is 5.69 Å². The normalized spacial score (nSPS) is 27.2. The molecule has 1 aromatic carbocycles. The van der Waals surface area contributed by atoms with E-state index >= 15 is 0 Å². The molecule has 2 aromatic rings. The van der Waals surface area contributed by atoms with Gasteiger partial charge in [0.2, 0.25) is 11.8 Å². The first-order valence-electron chi connectivity index (χ1n) is 15.9. The quantitative estimate of drug-likeness (QED) is 0.478. The molecule has 4 aliphatic rings. The minimum absolute atomic E-state index is 0.0284. The molecule has 1 saturated carbocycles. The second-order valence-corrected chi connectivity index (χ2v) is 12.9. The average molecular weight is 575 g/mol. The molecule has 9 nitrogen and oxygen atoms in total. The zero-order valence-corrected chi connectivity index (χ0v) is 25.0. The summed E-state index contributed by atoms with van der Waals surface area (Å²) < 4.78 is 1.67. The highest BCUT2D eigenvalue weighted by molar-refractivity contribution is 6.08. The van der Waals surface area contributed by atoms with E-state index in [-0.39, 0.29) is 47.2 Å². The van der Waals surface area contributed by atoms with E-state index in [2.05, 4.69) is 0 Å². The Bertz CT molecular complexity index is 1460. The van der Waals surface area contributed by atoms with E-state index in [0.29, 0.717) is 56.1 Å². The molecule has 1 aliphatic carbocycles. The van der Waals surface area contributed by atoms with Crippen LogP contribution >= 0.6 is 0 Å². The third kappa shape index (κ3) is 5.20. The molecular weight excluding hydrogens is 532 g/mol. The van der Waals surface area contributed by atoms with E-state index in [4.69, 9.17) is 5.10 Å². The van der Waals surface area contributed by atoms with Crippen molar-refractivity contribution in [2.45, 2.75) is 122 Å². The van der Waals surface area contributed by atoms with E-state index < -0.39 is 6.04 Å². The lowest BCUT2D eigenvalue weighted by Crippen LogP contribution is -2.44. The van der Waals surface area contributed by atoms with Gasteiger partial charge in [-0.3, -0.25) is 28.7 Å². The second kappa shape index (κ2) is 11.4. The van der Waals surface area contributed by atoms with Gasteiger partial charge >= 0.3 is 0 Å². The number of carbonyl (C=O) groups excluding carboxylic acids is 5. The van der Waals surface area contributed by atoms with E-state index in [1.807, 2.05) is 24.0 Å². The van der Waals surface area contributed by atoms with Gasteiger partial charge in [0.05, 0.1) is 11.6 Å². The van der Waals surface area contributed by atoms with Crippen LogP contribution in [0.3, 0.4) is 0 Å². The van der Waals surface area contributed by atoms with Crippen molar-refractivity contribution in [1.82, 2.24) is 14.7 Å². The van der Waals surface area contributed by atoms with Crippen LogP contribution in [-0.2, 0) is 32.1 Å². The first kappa shape index (κ1) is 28.7. The largest absolute Gasteiger partial charge is 0.327 e. The van der Waals surface area contributed by atoms with Gasteiger partial charge in [-0.05, 0) is 74.5 Å². The van der Waals surface area contributed by atoms with Gasteiger partial charge < -0.3 is 9.80 Å². The number of hydrogen-bond donors (Lipinski definition) is 0. The highest BCUT2D eigenvalue weighted by atomic mass is 16.2. The predicted octanol–water partition coefficient (Wildman–Crippen LogP) is 4.95. The van der Waals surface area contributed by atoms with Crippen molar-refractivity contribution >= 4 is 45.8 Å². The lowest BCUT2D eigenvalue weighted by molar-refractivity contribution is -0.139.